The van der Waals surface area contributed by atoms with Crippen molar-refractivity contribution in [3.05, 3.63) is 64.4 Å². The Morgan fingerprint density at radius 3 is 2.55 bits per heavy atom. The molecule has 1 atom stereocenters. The average Bonchev–Trinajstić information content (AvgIpc) is 2.80. The lowest BCUT2D eigenvalue weighted by atomic mass is 10.00. The summed E-state index contributed by atoms with van der Waals surface area (Å²) in [7, 11) is 3.94. The summed E-state index contributed by atoms with van der Waals surface area (Å²) in [6.07, 6.45) is 1.83. The van der Waals surface area contributed by atoms with E-state index in [2.05, 4.69) is 68.8 Å². The van der Waals surface area contributed by atoms with Gasteiger partial charge in [-0.3, -0.25) is 4.68 Å². The van der Waals surface area contributed by atoms with E-state index < -0.39 is 0 Å². The van der Waals surface area contributed by atoms with Crippen LogP contribution in [-0.2, 0) is 7.05 Å². The van der Waals surface area contributed by atoms with Crippen molar-refractivity contribution < 1.29 is 0 Å². The van der Waals surface area contributed by atoms with Crippen LogP contribution in [0.1, 0.15) is 17.3 Å². The quantitative estimate of drug-likeness (QED) is 0.794. The predicted octanol–water partition coefficient (Wildman–Crippen LogP) is 3.64. The van der Waals surface area contributed by atoms with Crippen LogP contribution >= 0.6 is 15.9 Å². The lowest BCUT2D eigenvalue weighted by molar-refractivity contribution is 0.604. The SMILES string of the molecule is CNC(c1ccc2ccccc2c1)c1c(Br)cnn1C. The third-order valence-electron chi connectivity index (χ3n) is 3.61. The van der Waals surface area contributed by atoms with E-state index in [1.807, 2.05) is 25.0 Å². The fourth-order valence-electron chi connectivity index (χ4n) is 2.59. The Balaban J connectivity index is 2.12. The van der Waals surface area contributed by atoms with Crippen molar-refractivity contribution in [2.75, 3.05) is 7.05 Å². The Hall–Kier alpha value is -1.65. The first kappa shape index (κ1) is 13.3. The topological polar surface area (TPSA) is 29.9 Å². The lowest BCUT2D eigenvalue weighted by Gasteiger charge is -2.18. The Bertz CT molecular complexity index is 729. The normalized spacial score (nSPS) is 12.8. The minimum Gasteiger partial charge on any atom is -0.308 e. The second-order valence-electron chi connectivity index (χ2n) is 4.83. The van der Waals surface area contributed by atoms with E-state index in [9.17, 15) is 0 Å². The Kier molecular flexibility index (Phi) is 3.59. The van der Waals surface area contributed by atoms with E-state index in [1.54, 1.807) is 0 Å². The lowest BCUT2D eigenvalue weighted by Crippen LogP contribution is -2.21. The van der Waals surface area contributed by atoms with Crippen molar-refractivity contribution in [3.63, 3.8) is 0 Å². The highest BCUT2D eigenvalue weighted by Crippen LogP contribution is 2.29. The zero-order valence-corrected chi connectivity index (χ0v) is 13.1. The predicted molar refractivity (Wildman–Crippen MR) is 85.8 cm³/mol. The third-order valence-corrected chi connectivity index (χ3v) is 4.22. The van der Waals surface area contributed by atoms with Gasteiger partial charge in [0.25, 0.3) is 0 Å². The molecule has 0 fully saturated rings. The van der Waals surface area contributed by atoms with Gasteiger partial charge in [0, 0.05) is 7.05 Å². The van der Waals surface area contributed by atoms with E-state index in [0.29, 0.717) is 0 Å². The molecular weight excluding hydrogens is 314 g/mol. The molecule has 20 heavy (non-hydrogen) atoms. The molecule has 0 spiro atoms. The van der Waals surface area contributed by atoms with Gasteiger partial charge >= 0.3 is 0 Å². The van der Waals surface area contributed by atoms with Gasteiger partial charge in [-0.15, -0.1) is 0 Å². The molecular formula is C16H16BrN3. The number of hydrogen-bond donors (Lipinski definition) is 1. The Morgan fingerprint density at radius 1 is 1.15 bits per heavy atom. The fraction of sp³-hybridized carbons (Fsp3) is 0.188. The molecule has 0 radical (unpaired) electrons. The number of hydrogen-bond acceptors (Lipinski definition) is 2. The highest BCUT2D eigenvalue weighted by atomic mass is 79.9. The van der Waals surface area contributed by atoms with Crippen molar-refractivity contribution in [2.24, 2.45) is 7.05 Å². The molecule has 0 aliphatic heterocycles. The molecule has 3 rings (SSSR count). The van der Waals surface area contributed by atoms with Crippen LogP contribution in [0.25, 0.3) is 10.8 Å². The van der Waals surface area contributed by atoms with Gasteiger partial charge in [0.2, 0.25) is 0 Å². The third kappa shape index (κ3) is 2.25. The maximum Gasteiger partial charge on any atom is 0.0757 e. The molecule has 0 bridgehead atoms. The zero-order valence-electron chi connectivity index (χ0n) is 11.5. The number of aryl methyl sites for hydroxylation is 1. The van der Waals surface area contributed by atoms with E-state index in [-0.39, 0.29) is 6.04 Å². The molecule has 2 aromatic carbocycles. The Morgan fingerprint density at radius 2 is 1.90 bits per heavy atom. The zero-order chi connectivity index (χ0) is 14.1. The maximum absolute atomic E-state index is 4.30. The van der Waals surface area contributed by atoms with Crippen molar-refractivity contribution in [1.82, 2.24) is 15.1 Å². The molecule has 0 aliphatic rings. The maximum atomic E-state index is 4.30. The second-order valence-corrected chi connectivity index (χ2v) is 5.68. The first-order valence-electron chi connectivity index (χ1n) is 6.54. The van der Waals surface area contributed by atoms with Crippen LogP contribution in [0, 0.1) is 0 Å². The van der Waals surface area contributed by atoms with E-state index in [4.69, 9.17) is 0 Å². The Labute approximate surface area is 126 Å². The van der Waals surface area contributed by atoms with Gasteiger partial charge in [-0.25, -0.2) is 0 Å². The highest BCUT2D eigenvalue weighted by molar-refractivity contribution is 9.10. The van der Waals surface area contributed by atoms with Gasteiger partial charge < -0.3 is 5.32 Å². The number of rotatable bonds is 3. The monoisotopic (exact) mass is 329 g/mol. The van der Waals surface area contributed by atoms with Crippen LogP contribution in [0.3, 0.4) is 0 Å². The minimum atomic E-state index is 0.112. The van der Waals surface area contributed by atoms with Crippen LogP contribution in [0.4, 0.5) is 0 Å². The molecule has 3 nitrogen and oxygen atoms in total. The summed E-state index contributed by atoms with van der Waals surface area (Å²) in [5.41, 5.74) is 2.36. The molecule has 1 N–H and O–H groups in total. The summed E-state index contributed by atoms with van der Waals surface area (Å²) in [4.78, 5) is 0. The van der Waals surface area contributed by atoms with Crippen molar-refractivity contribution in [1.29, 1.82) is 0 Å². The molecule has 4 heteroatoms. The van der Waals surface area contributed by atoms with Gasteiger partial charge in [-0.05, 0) is 45.4 Å². The number of fused-ring (bicyclic) bond motifs is 1. The largest absolute Gasteiger partial charge is 0.308 e. The summed E-state index contributed by atoms with van der Waals surface area (Å²) in [6.45, 7) is 0. The summed E-state index contributed by atoms with van der Waals surface area (Å²) in [6, 6.07) is 15.1. The second kappa shape index (κ2) is 5.38. The first-order valence-corrected chi connectivity index (χ1v) is 7.33. The van der Waals surface area contributed by atoms with Crippen molar-refractivity contribution in [3.8, 4) is 0 Å². The molecule has 0 amide bonds. The van der Waals surface area contributed by atoms with Gasteiger partial charge in [-0.2, -0.15) is 5.10 Å². The van der Waals surface area contributed by atoms with Crippen molar-refractivity contribution >= 4 is 26.7 Å². The molecule has 0 saturated carbocycles. The standard InChI is InChI=1S/C16H16BrN3/c1-18-15(16-14(17)10-19-20(16)2)13-8-7-11-5-3-4-6-12(11)9-13/h3-10,15,18H,1-2H3. The van der Waals surface area contributed by atoms with Crippen molar-refractivity contribution in [2.45, 2.75) is 6.04 Å². The number of halogens is 1. The van der Waals surface area contributed by atoms with Crippen LogP contribution in [0.15, 0.2) is 53.1 Å². The molecule has 0 aliphatic carbocycles. The molecule has 0 saturated heterocycles. The molecule has 1 unspecified atom stereocenters. The highest BCUT2D eigenvalue weighted by Gasteiger charge is 2.19. The first-order chi connectivity index (χ1) is 9.70. The average molecular weight is 330 g/mol. The van der Waals surface area contributed by atoms with E-state index in [0.717, 1.165) is 10.2 Å². The summed E-state index contributed by atoms with van der Waals surface area (Å²) >= 11 is 3.58. The number of aromatic nitrogens is 2. The number of nitrogens with zero attached hydrogens (tertiary/aromatic N) is 2. The van der Waals surface area contributed by atoms with E-state index in [1.165, 1.54) is 16.3 Å². The van der Waals surface area contributed by atoms with Gasteiger partial charge in [0.15, 0.2) is 0 Å². The number of benzene rings is 2. The van der Waals surface area contributed by atoms with Crippen LogP contribution < -0.4 is 5.32 Å². The van der Waals surface area contributed by atoms with E-state index >= 15 is 0 Å². The van der Waals surface area contributed by atoms with Gasteiger partial charge in [0.05, 0.1) is 22.4 Å². The summed E-state index contributed by atoms with van der Waals surface area (Å²) in [5, 5.41) is 10.2. The molecule has 1 aromatic heterocycles. The van der Waals surface area contributed by atoms with Crippen LogP contribution in [0.5, 0.6) is 0 Å². The smallest absolute Gasteiger partial charge is 0.0757 e. The summed E-state index contributed by atoms with van der Waals surface area (Å²) in [5.74, 6) is 0. The van der Waals surface area contributed by atoms with Gasteiger partial charge in [0.1, 0.15) is 0 Å². The number of nitrogens with one attached hydrogen (secondary N) is 1. The molecule has 3 aromatic rings. The summed E-state index contributed by atoms with van der Waals surface area (Å²) < 4.78 is 2.92. The molecule has 102 valence electrons. The van der Waals surface area contributed by atoms with Gasteiger partial charge in [-0.1, -0.05) is 36.4 Å². The van der Waals surface area contributed by atoms with Crippen LogP contribution in [-0.4, -0.2) is 16.8 Å². The molecule has 1 heterocycles. The van der Waals surface area contributed by atoms with Crippen LogP contribution in [0.2, 0.25) is 0 Å². The minimum absolute atomic E-state index is 0.112. The fourth-order valence-corrected chi connectivity index (χ4v) is 3.17.